The van der Waals surface area contributed by atoms with Crippen molar-refractivity contribution in [2.75, 3.05) is 47.9 Å². The normalized spacial score (nSPS) is 11.6. The molecule has 0 atom stereocenters. The highest BCUT2D eigenvalue weighted by Crippen LogP contribution is 2.25. The van der Waals surface area contributed by atoms with Gasteiger partial charge in [-0.3, -0.25) is 4.68 Å². The van der Waals surface area contributed by atoms with Gasteiger partial charge in [0.1, 0.15) is 5.82 Å². The van der Waals surface area contributed by atoms with E-state index in [0.29, 0.717) is 13.2 Å². The first-order valence-electron chi connectivity index (χ1n) is 8.14. The predicted molar refractivity (Wildman–Crippen MR) is 94.4 cm³/mol. The lowest BCUT2D eigenvalue weighted by Gasteiger charge is -2.19. The Labute approximate surface area is 143 Å². The molecule has 0 aliphatic carbocycles. The Hall–Kier alpha value is -1.76. The Balaban J connectivity index is 2.23. The molecule has 132 valence electrons. The summed E-state index contributed by atoms with van der Waals surface area (Å²) in [6.07, 6.45) is 1.90. The average molecular weight is 334 g/mol. The third kappa shape index (κ3) is 5.12. The first-order chi connectivity index (χ1) is 11.5. The third-order valence-corrected chi connectivity index (χ3v) is 3.91. The van der Waals surface area contributed by atoms with Crippen LogP contribution in [0.15, 0.2) is 30.5 Å². The van der Waals surface area contributed by atoms with E-state index in [1.807, 2.05) is 10.9 Å². The Kier molecular flexibility index (Phi) is 6.90. The van der Waals surface area contributed by atoms with Crippen LogP contribution >= 0.6 is 0 Å². The Morgan fingerprint density at radius 3 is 2.46 bits per heavy atom. The van der Waals surface area contributed by atoms with Gasteiger partial charge in [-0.05, 0) is 45.4 Å². The van der Waals surface area contributed by atoms with Crippen LogP contribution in [0.5, 0.6) is 0 Å². The molecule has 0 spiro atoms. The van der Waals surface area contributed by atoms with Crippen LogP contribution in [0.2, 0.25) is 0 Å². The molecule has 1 heterocycles. The molecule has 2 rings (SSSR count). The lowest BCUT2D eigenvalue weighted by atomic mass is 10.1. The maximum absolute atomic E-state index is 13.3. The van der Waals surface area contributed by atoms with Gasteiger partial charge in [-0.2, -0.15) is 5.10 Å². The highest BCUT2D eigenvalue weighted by Gasteiger charge is 2.15. The number of aromatic nitrogens is 2. The summed E-state index contributed by atoms with van der Waals surface area (Å²) in [7, 11) is 7.92. The van der Waals surface area contributed by atoms with Crippen molar-refractivity contribution in [1.29, 1.82) is 0 Å². The quantitative estimate of drug-likeness (QED) is 0.705. The summed E-state index contributed by atoms with van der Waals surface area (Å²) in [4.78, 5) is 4.43. The monoisotopic (exact) mass is 334 g/mol. The molecule has 1 aromatic carbocycles. The maximum atomic E-state index is 13.3. The second-order valence-electron chi connectivity index (χ2n) is 6.28. The summed E-state index contributed by atoms with van der Waals surface area (Å²) in [6, 6.07) is 6.59. The summed E-state index contributed by atoms with van der Waals surface area (Å²) in [5, 5.41) is 4.51. The van der Waals surface area contributed by atoms with E-state index < -0.39 is 0 Å². The van der Waals surface area contributed by atoms with Crippen molar-refractivity contribution in [2.24, 2.45) is 0 Å². The number of nitrogens with zero attached hydrogens (tertiary/aromatic N) is 4. The number of methoxy groups -OCH3 is 1. The minimum absolute atomic E-state index is 0.230. The van der Waals surface area contributed by atoms with E-state index in [-0.39, 0.29) is 5.82 Å². The zero-order valence-corrected chi connectivity index (χ0v) is 15.0. The fourth-order valence-electron chi connectivity index (χ4n) is 2.57. The van der Waals surface area contributed by atoms with Crippen LogP contribution in [0.4, 0.5) is 4.39 Å². The zero-order chi connectivity index (χ0) is 17.5. The summed E-state index contributed by atoms with van der Waals surface area (Å²) in [5.74, 6) is -0.230. The van der Waals surface area contributed by atoms with E-state index in [9.17, 15) is 4.39 Å². The van der Waals surface area contributed by atoms with E-state index in [2.05, 4.69) is 36.0 Å². The number of halogens is 1. The van der Waals surface area contributed by atoms with E-state index >= 15 is 0 Å². The van der Waals surface area contributed by atoms with Crippen LogP contribution in [-0.4, -0.2) is 67.5 Å². The van der Waals surface area contributed by atoms with Crippen molar-refractivity contribution in [2.45, 2.75) is 13.1 Å². The molecule has 0 amide bonds. The van der Waals surface area contributed by atoms with Crippen LogP contribution < -0.4 is 0 Å². The number of likely N-dealkylation sites (N-methyl/N-ethyl adjacent to an activating group) is 2. The molecule has 1 aromatic heterocycles. The average Bonchev–Trinajstić information content (AvgIpc) is 2.94. The van der Waals surface area contributed by atoms with Gasteiger partial charge in [0.05, 0.1) is 25.0 Å². The molecule has 5 nitrogen and oxygen atoms in total. The van der Waals surface area contributed by atoms with E-state index in [4.69, 9.17) is 4.74 Å². The van der Waals surface area contributed by atoms with E-state index in [1.165, 1.54) is 12.1 Å². The molecule has 0 N–H and O–H groups in total. The first-order valence-corrected chi connectivity index (χ1v) is 8.14. The lowest BCUT2D eigenvalue weighted by Crippen LogP contribution is -2.28. The maximum Gasteiger partial charge on any atom is 0.123 e. The van der Waals surface area contributed by atoms with Crippen LogP contribution in [0, 0.1) is 5.82 Å². The molecule has 6 heteroatoms. The minimum atomic E-state index is -0.230. The molecule has 0 radical (unpaired) electrons. The lowest BCUT2D eigenvalue weighted by molar-refractivity contribution is 0.184. The smallest absolute Gasteiger partial charge is 0.123 e. The fourth-order valence-corrected chi connectivity index (χ4v) is 2.57. The van der Waals surface area contributed by atoms with Crippen LogP contribution in [0.25, 0.3) is 11.3 Å². The minimum Gasteiger partial charge on any atom is -0.383 e. The van der Waals surface area contributed by atoms with Gasteiger partial charge in [-0.15, -0.1) is 0 Å². The molecule has 0 unspecified atom stereocenters. The van der Waals surface area contributed by atoms with Crippen molar-refractivity contribution in [3.8, 4) is 11.3 Å². The van der Waals surface area contributed by atoms with Gasteiger partial charge in [0.2, 0.25) is 0 Å². The number of hydrogen-bond acceptors (Lipinski definition) is 4. The fraction of sp³-hybridized carbons (Fsp3) is 0.500. The molecule has 0 saturated heterocycles. The highest BCUT2D eigenvalue weighted by atomic mass is 19.1. The Morgan fingerprint density at radius 1 is 1.12 bits per heavy atom. The predicted octanol–water partition coefficient (Wildman–Crippen LogP) is 2.33. The largest absolute Gasteiger partial charge is 0.383 e. The van der Waals surface area contributed by atoms with Gasteiger partial charge in [-0.1, -0.05) is 0 Å². The van der Waals surface area contributed by atoms with Crippen LogP contribution in [0.3, 0.4) is 0 Å². The molecular weight excluding hydrogens is 307 g/mol. The van der Waals surface area contributed by atoms with Crippen molar-refractivity contribution >= 4 is 0 Å². The molecule has 0 fully saturated rings. The molecule has 2 aromatic rings. The summed E-state index contributed by atoms with van der Waals surface area (Å²) < 4.78 is 20.4. The molecule has 0 saturated carbocycles. The number of ether oxygens (including phenoxy) is 1. The van der Waals surface area contributed by atoms with Crippen molar-refractivity contribution < 1.29 is 9.13 Å². The summed E-state index contributed by atoms with van der Waals surface area (Å²) >= 11 is 0. The van der Waals surface area contributed by atoms with E-state index in [1.54, 1.807) is 19.2 Å². The summed E-state index contributed by atoms with van der Waals surface area (Å²) in [5.41, 5.74) is 3.14. The number of rotatable bonds is 9. The van der Waals surface area contributed by atoms with Crippen molar-refractivity contribution in [1.82, 2.24) is 19.6 Å². The van der Waals surface area contributed by atoms with Gasteiger partial charge in [0.25, 0.3) is 0 Å². The SMILES string of the molecule is COCCn1ncc(CN(C)CCN(C)C)c1-c1ccc(F)cc1. The van der Waals surface area contributed by atoms with Gasteiger partial charge >= 0.3 is 0 Å². The van der Waals surface area contributed by atoms with Gasteiger partial charge < -0.3 is 14.5 Å². The molecule has 0 aliphatic rings. The van der Waals surface area contributed by atoms with Crippen molar-refractivity contribution in [3.05, 3.63) is 41.8 Å². The first kappa shape index (κ1) is 18.6. The molecular formula is C18H27FN4O. The van der Waals surface area contributed by atoms with Crippen LogP contribution in [0.1, 0.15) is 5.56 Å². The molecule has 0 bridgehead atoms. The Bertz CT molecular complexity index is 624. The highest BCUT2D eigenvalue weighted by molar-refractivity contribution is 5.63. The van der Waals surface area contributed by atoms with Gasteiger partial charge in [0.15, 0.2) is 0 Å². The van der Waals surface area contributed by atoms with E-state index in [0.717, 1.165) is 36.5 Å². The van der Waals surface area contributed by atoms with Gasteiger partial charge in [-0.25, -0.2) is 4.39 Å². The summed E-state index contributed by atoms with van der Waals surface area (Å²) in [6.45, 7) is 4.03. The third-order valence-electron chi connectivity index (χ3n) is 3.91. The van der Waals surface area contributed by atoms with Crippen molar-refractivity contribution in [3.63, 3.8) is 0 Å². The number of benzene rings is 1. The second-order valence-corrected chi connectivity index (χ2v) is 6.28. The molecule has 24 heavy (non-hydrogen) atoms. The topological polar surface area (TPSA) is 33.5 Å². The van der Waals surface area contributed by atoms with Gasteiger partial charge in [0, 0.05) is 37.9 Å². The molecule has 0 aliphatic heterocycles. The standard InChI is InChI=1S/C18H27FN4O/c1-21(2)9-10-22(3)14-16-13-20-23(11-12-24-4)18(16)15-5-7-17(19)8-6-15/h5-8,13H,9-12,14H2,1-4H3. The number of hydrogen-bond donors (Lipinski definition) is 0. The van der Waals surface area contributed by atoms with Crippen LogP contribution in [-0.2, 0) is 17.8 Å². The zero-order valence-electron chi connectivity index (χ0n) is 15.0. The second kappa shape index (κ2) is 8.92. The Morgan fingerprint density at radius 2 is 1.83 bits per heavy atom.